The van der Waals surface area contributed by atoms with Crippen molar-refractivity contribution in [2.24, 2.45) is 0 Å². The van der Waals surface area contributed by atoms with Crippen molar-refractivity contribution in [1.29, 1.82) is 0 Å². The first kappa shape index (κ1) is 15.5. The lowest BCUT2D eigenvalue weighted by Gasteiger charge is -2.23. The number of hydrogen-bond acceptors (Lipinski definition) is 4. The van der Waals surface area contributed by atoms with Gasteiger partial charge in [-0.1, -0.05) is 31.2 Å². The Hall–Kier alpha value is -2.40. The number of benzene rings is 1. The van der Waals surface area contributed by atoms with Crippen LogP contribution in [0.4, 0.5) is 5.69 Å². The van der Waals surface area contributed by atoms with Crippen molar-refractivity contribution in [2.75, 3.05) is 11.9 Å². The number of carbonyl (C=O) groups is 2. The van der Waals surface area contributed by atoms with E-state index in [0.717, 1.165) is 0 Å². The van der Waals surface area contributed by atoms with Crippen LogP contribution in [0.3, 0.4) is 0 Å². The normalized spacial score (nSPS) is 24.9. The van der Waals surface area contributed by atoms with Crippen molar-refractivity contribution in [3.63, 3.8) is 0 Å². The van der Waals surface area contributed by atoms with Crippen LogP contribution in [0.1, 0.15) is 20.3 Å². The van der Waals surface area contributed by atoms with Gasteiger partial charge in [-0.15, -0.1) is 0 Å². The number of anilines is 1. The molecule has 1 aromatic rings. The molecule has 0 spiro atoms. The summed E-state index contributed by atoms with van der Waals surface area (Å²) in [5, 5.41) is 2.82. The number of fused-ring (bicyclic) bond motifs is 2. The monoisotopic (exact) mass is 313 g/mol. The molecule has 2 bridgehead atoms. The summed E-state index contributed by atoms with van der Waals surface area (Å²) in [4.78, 5) is 25.1. The molecule has 2 heterocycles. The minimum atomic E-state index is -0.847. The van der Waals surface area contributed by atoms with Gasteiger partial charge in [0.25, 0.3) is 5.91 Å². The summed E-state index contributed by atoms with van der Waals surface area (Å²) in [6.45, 7) is 3.92. The zero-order valence-electron chi connectivity index (χ0n) is 13.2. The van der Waals surface area contributed by atoms with E-state index in [-0.39, 0.29) is 12.5 Å². The lowest BCUT2D eigenvalue weighted by molar-refractivity contribution is -0.140. The molecule has 0 fully saturated rings. The van der Waals surface area contributed by atoms with Gasteiger partial charge in [-0.05, 0) is 31.6 Å². The van der Waals surface area contributed by atoms with Crippen LogP contribution in [0.2, 0.25) is 0 Å². The summed E-state index contributed by atoms with van der Waals surface area (Å²) >= 11 is 0. The standard InChI is InChI=1S/C18H19NO4/c1-3-18-11-10-13(23-18)14(15(18)17(21)22-4-2)16(20)19-12-8-6-5-7-9-12/h5-11,13H,3-4H2,1-2H3,(H,19,20). The highest BCUT2D eigenvalue weighted by Gasteiger charge is 2.53. The van der Waals surface area contributed by atoms with Gasteiger partial charge in [-0.25, -0.2) is 4.79 Å². The first-order valence-corrected chi connectivity index (χ1v) is 7.76. The zero-order chi connectivity index (χ0) is 16.4. The van der Waals surface area contributed by atoms with Crippen molar-refractivity contribution < 1.29 is 19.1 Å². The number of nitrogens with one attached hydrogen (secondary N) is 1. The third-order valence-corrected chi connectivity index (χ3v) is 4.14. The maximum atomic E-state index is 12.7. The molecule has 5 nitrogen and oxygen atoms in total. The van der Waals surface area contributed by atoms with E-state index in [1.54, 1.807) is 19.1 Å². The summed E-state index contributed by atoms with van der Waals surface area (Å²) in [6.07, 6.45) is 3.74. The Morgan fingerprint density at radius 2 is 2.00 bits per heavy atom. The molecular formula is C18H19NO4. The molecule has 0 radical (unpaired) electrons. The third kappa shape index (κ3) is 2.57. The van der Waals surface area contributed by atoms with E-state index in [4.69, 9.17) is 9.47 Å². The van der Waals surface area contributed by atoms with E-state index in [1.165, 1.54) is 0 Å². The van der Waals surface area contributed by atoms with Crippen LogP contribution < -0.4 is 5.32 Å². The molecule has 1 N–H and O–H groups in total. The highest BCUT2D eigenvalue weighted by Crippen LogP contribution is 2.45. The number of para-hydroxylation sites is 1. The van der Waals surface area contributed by atoms with Crippen LogP contribution in [0.25, 0.3) is 0 Å². The molecule has 120 valence electrons. The second-order valence-corrected chi connectivity index (χ2v) is 5.47. The van der Waals surface area contributed by atoms with Crippen molar-refractivity contribution in [3.8, 4) is 0 Å². The van der Waals surface area contributed by atoms with Gasteiger partial charge in [0.2, 0.25) is 0 Å². The third-order valence-electron chi connectivity index (χ3n) is 4.14. The van der Waals surface area contributed by atoms with E-state index < -0.39 is 17.7 Å². The van der Waals surface area contributed by atoms with Crippen LogP contribution in [0.5, 0.6) is 0 Å². The largest absolute Gasteiger partial charge is 0.463 e. The van der Waals surface area contributed by atoms with E-state index in [9.17, 15) is 9.59 Å². The van der Waals surface area contributed by atoms with Gasteiger partial charge >= 0.3 is 5.97 Å². The molecule has 2 aliphatic heterocycles. The maximum absolute atomic E-state index is 12.7. The lowest BCUT2D eigenvalue weighted by Crippen LogP contribution is -2.32. The van der Waals surface area contributed by atoms with Gasteiger partial charge in [0, 0.05) is 5.69 Å². The lowest BCUT2D eigenvalue weighted by atomic mass is 9.84. The van der Waals surface area contributed by atoms with E-state index in [0.29, 0.717) is 23.3 Å². The molecule has 0 saturated heterocycles. The minimum Gasteiger partial charge on any atom is -0.463 e. The average molecular weight is 313 g/mol. The number of carbonyl (C=O) groups excluding carboxylic acids is 2. The predicted octanol–water partition coefficient (Wildman–Crippen LogP) is 2.60. The van der Waals surface area contributed by atoms with E-state index >= 15 is 0 Å². The van der Waals surface area contributed by atoms with Gasteiger partial charge in [-0.2, -0.15) is 0 Å². The first-order chi connectivity index (χ1) is 11.1. The zero-order valence-corrected chi connectivity index (χ0v) is 13.2. The smallest absolute Gasteiger partial charge is 0.337 e. The Balaban J connectivity index is 1.96. The van der Waals surface area contributed by atoms with Crippen LogP contribution in [-0.2, 0) is 19.1 Å². The Bertz CT molecular complexity index is 692. The summed E-state index contributed by atoms with van der Waals surface area (Å²) in [7, 11) is 0. The van der Waals surface area contributed by atoms with Gasteiger partial charge in [-0.3, -0.25) is 4.79 Å². The second-order valence-electron chi connectivity index (χ2n) is 5.47. The van der Waals surface area contributed by atoms with Crippen molar-refractivity contribution in [3.05, 3.63) is 53.6 Å². The number of hydrogen-bond donors (Lipinski definition) is 1. The fraction of sp³-hybridized carbons (Fsp3) is 0.333. The van der Waals surface area contributed by atoms with E-state index in [1.807, 2.05) is 37.3 Å². The average Bonchev–Trinajstić information content (AvgIpc) is 3.12. The number of amides is 1. The van der Waals surface area contributed by atoms with Crippen molar-refractivity contribution >= 4 is 17.6 Å². The molecule has 5 heteroatoms. The fourth-order valence-electron chi connectivity index (χ4n) is 3.04. The minimum absolute atomic E-state index is 0.254. The summed E-state index contributed by atoms with van der Waals surface area (Å²) in [5.74, 6) is -0.816. The summed E-state index contributed by atoms with van der Waals surface area (Å²) in [6, 6.07) is 9.13. The van der Waals surface area contributed by atoms with Crippen molar-refractivity contribution in [2.45, 2.75) is 32.0 Å². The Kier molecular flexibility index (Phi) is 4.05. The molecule has 0 aliphatic carbocycles. The first-order valence-electron chi connectivity index (χ1n) is 7.76. The highest BCUT2D eigenvalue weighted by molar-refractivity contribution is 6.12. The molecule has 1 aromatic carbocycles. The maximum Gasteiger partial charge on any atom is 0.337 e. The van der Waals surface area contributed by atoms with Crippen LogP contribution in [0, 0.1) is 0 Å². The Morgan fingerprint density at radius 3 is 2.65 bits per heavy atom. The van der Waals surface area contributed by atoms with Crippen LogP contribution in [-0.4, -0.2) is 30.2 Å². The predicted molar refractivity (Wildman–Crippen MR) is 85.8 cm³/mol. The molecule has 0 aromatic heterocycles. The quantitative estimate of drug-likeness (QED) is 0.670. The van der Waals surface area contributed by atoms with Gasteiger partial charge in [0.1, 0.15) is 11.7 Å². The molecule has 1 amide bonds. The van der Waals surface area contributed by atoms with Gasteiger partial charge in [0.05, 0.1) is 17.8 Å². The Labute approximate surface area is 135 Å². The molecule has 0 saturated carbocycles. The van der Waals surface area contributed by atoms with Crippen molar-refractivity contribution in [1.82, 2.24) is 0 Å². The molecule has 3 rings (SSSR count). The molecule has 2 unspecified atom stereocenters. The van der Waals surface area contributed by atoms with Gasteiger partial charge in [0.15, 0.2) is 0 Å². The SMILES string of the molecule is CCOC(=O)C1=C(C(=O)Nc2ccccc2)C2C=CC1(CC)O2. The molecular weight excluding hydrogens is 294 g/mol. The van der Waals surface area contributed by atoms with Crippen LogP contribution >= 0.6 is 0 Å². The number of esters is 1. The van der Waals surface area contributed by atoms with Gasteiger partial charge < -0.3 is 14.8 Å². The van der Waals surface area contributed by atoms with Crippen LogP contribution in [0.15, 0.2) is 53.6 Å². The summed E-state index contributed by atoms with van der Waals surface area (Å²) in [5.41, 5.74) is 0.491. The fourth-order valence-corrected chi connectivity index (χ4v) is 3.04. The summed E-state index contributed by atoms with van der Waals surface area (Å²) < 4.78 is 11.1. The molecule has 23 heavy (non-hydrogen) atoms. The second kappa shape index (κ2) is 6.01. The molecule has 2 atom stereocenters. The number of ether oxygens (including phenoxy) is 2. The topological polar surface area (TPSA) is 64.6 Å². The highest BCUT2D eigenvalue weighted by atomic mass is 16.5. The Morgan fingerprint density at radius 1 is 1.26 bits per heavy atom. The number of rotatable bonds is 5. The van der Waals surface area contributed by atoms with E-state index in [2.05, 4.69) is 5.32 Å². The molecule has 2 aliphatic rings.